The summed E-state index contributed by atoms with van der Waals surface area (Å²) in [6, 6.07) is 1.71. The molecule has 14 heavy (non-hydrogen) atoms. The summed E-state index contributed by atoms with van der Waals surface area (Å²) in [5, 5.41) is 0. The van der Waals surface area contributed by atoms with Crippen LogP contribution in [0.2, 0.25) is 0 Å². The average Bonchev–Trinajstić information content (AvgIpc) is 2.65. The van der Waals surface area contributed by atoms with E-state index in [2.05, 4.69) is 15.9 Å². The molecule has 1 aliphatic rings. The Morgan fingerprint density at radius 3 is 3.07 bits per heavy atom. The zero-order chi connectivity index (χ0) is 9.97. The highest BCUT2D eigenvalue weighted by Crippen LogP contribution is 2.23. The summed E-state index contributed by atoms with van der Waals surface area (Å²) in [6.45, 7) is 0.638. The van der Waals surface area contributed by atoms with Crippen molar-refractivity contribution in [2.24, 2.45) is 0 Å². The van der Waals surface area contributed by atoms with Crippen molar-refractivity contribution in [3.63, 3.8) is 0 Å². The number of halogens is 1. The van der Waals surface area contributed by atoms with Crippen molar-refractivity contribution in [3.05, 3.63) is 22.6 Å². The number of carbonyl (C=O) groups is 1. The Morgan fingerprint density at radius 2 is 2.50 bits per heavy atom. The summed E-state index contributed by atoms with van der Waals surface area (Å²) in [4.78, 5) is 11.8. The fourth-order valence-corrected chi connectivity index (χ4v) is 2.49. The van der Waals surface area contributed by atoms with E-state index < -0.39 is 0 Å². The molecule has 1 saturated heterocycles. The highest BCUT2D eigenvalue weighted by atomic mass is 79.9. The molecule has 1 atom stereocenters. The molecule has 5 heteroatoms. The van der Waals surface area contributed by atoms with Crippen molar-refractivity contribution in [1.82, 2.24) is 0 Å². The van der Waals surface area contributed by atoms with Crippen molar-refractivity contribution in [2.45, 2.75) is 6.10 Å². The number of hydrogen-bond acceptors (Lipinski definition) is 4. The second kappa shape index (κ2) is 4.51. The van der Waals surface area contributed by atoms with E-state index >= 15 is 0 Å². The molecule has 0 amide bonds. The smallest absolute Gasteiger partial charge is 0.228 e. The molecule has 1 fully saturated rings. The standard InChI is InChI=1S/C9H9BrO3S/c10-6-1-2-13-9(6)8(11)7-5-14-4-3-12-7/h1-2,7H,3-5H2. The van der Waals surface area contributed by atoms with Gasteiger partial charge >= 0.3 is 0 Å². The molecule has 0 spiro atoms. The number of hydrogen-bond donors (Lipinski definition) is 0. The molecule has 1 aliphatic heterocycles. The van der Waals surface area contributed by atoms with E-state index in [-0.39, 0.29) is 11.9 Å². The van der Waals surface area contributed by atoms with Gasteiger partial charge in [-0.25, -0.2) is 0 Å². The Labute approximate surface area is 94.3 Å². The Morgan fingerprint density at radius 1 is 1.64 bits per heavy atom. The molecule has 2 heterocycles. The molecule has 0 aromatic carbocycles. The van der Waals surface area contributed by atoms with Crippen LogP contribution >= 0.6 is 27.7 Å². The van der Waals surface area contributed by atoms with Crippen LogP contribution in [-0.2, 0) is 4.74 Å². The monoisotopic (exact) mass is 276 g/mol. The molecule has 0 bridgehead atoms. The van der Waals surface area contributed by atoms with E-state index in [0.717, 1.165) is 5.75 Å². The molecular formula is C9H9BrO3S. The first-order valence-corrected chi connectivity index (χ1v) is 6.20. The van der Waals surface area contributed by atoms with Crippen LogP contribution < -0.4 is 0 Å². The minimum absolute atomic E-state index is 0.0749. The summed E-state index contributed by atoms with van der Waals surface area (Å²) in [5.74, 6) is 1.96. The van der Waals surface area contributed by atoms with E-state index in [0.29, 0.717) is 22.6 Å². The molecule has 0 radical (unpaired) electrons. The highest BCUT2D eigenvalue weighted by molar-refractivity contribution is 9.10. The Balaban J connectivity index is 2.11. The Bertz CT molecular complexity index is 331. The van der Waals surface area contributed by atoms with E-state index in [1.54, 1.807) is 17.8 Å². The van der Waals surface area contributed by atoms with Gasteiger partial charge in [0, 0.05) is 11.5 Å². The number of ketones is 1. The molecular weight excluding hydrogens is 268 g/mol. The van der Waals surface area contributed by atoms with Gasteiger partial charge in [0.05, 0.1) is 17.3 Å². The van der Waals surface area contributed by atoms with Crippen LogP contribution in [0.25, 0.3) is 0 Å². The maximum absolute atomic E-state index is 11.8. The number of rotatable bonds is 2. The van der Waals surface area contributed by atoms with Crippen molar-refractivity contribution >= 4 is 33.5 Å². The second-order valence-corrected chi connectivity index (χ2v) is 4.90. The molecule has 1 unspecified atom stereocenters. The van der Waals surface area contributed by atoms with Crippen molar-refractivity contribution in [2.75, 3.05) is 18.1 Å². The van der Waals surface area contributed by atoms with E-state index in [4.69, 9.17) is 9.15 Å². The van der Waals surface area contributed by atoms with Gasteiger partial charge in [0.25, 0.3) is 0 Å². The lowest BCUT2D eigenvalue weighted by Crippen LogP contribution is -2.31. The topological polar surface area (TPSA) is 39.4 Å². The van der Waals surface area contributed by atoms with Crippen LogP contribution in [0, 0.1) is 0 Å². The molecule has 76 valence electrons. The van der Waals surface area contributed by atoms with Gasteiger partial charge in [0.2, 0.25) is 5.78 Å². The lowest BCUT2D eigenvalue weighted by atomic mass is 10.2. The van der Waals surface area contributed by atoms with Crippen LogP contribution in [0.3, 0.4) is 0 Å². The molecule has 2 rings (SSSR count). The van der Waals surface area contributed by atoms with Crippen molar-refractivity contribution in [3.8, 4) is 0 Å². The van der Waals surface area contributed by atoms with Crippen LogP contribution in [-0.4, -0.2) is 30.0 Å². The van der Waals surface area contributed by atoms with E-state index in [1.807, 2.05) is 0 Å². The average molecular weight is 277 g/mol. The maximum atomic E-state index is 11.8. The minimum atomic E-state index is -0.351. The first kappa shape index (κ1) is 10.3. The predicted molar refractivity (Wildman–Crippen MR) is 57.8 cm³/mol. The molecule has 0 saturated carbocycles. The van der Waals surface area contributed by atoms with Gasteiger partial charge in [-0.3, -0.25) is 4.79 Å². The van der Waals surface area contributed by atoms with Gasteiger partial charge in [0.15, 0.2) is 5.76 Å². The van der Waals surface area contributed by atoms with Crippen LogP contribution in [0.15, 0.2) is 21.2 Å². The van der Waals surface area contributed by atoms with Gasteiger partial charge in [-0.1, -0.05) is 0 Å². The molecule has 0 N–H and O–H groups in total. The fourth-order valence-electron chi connectivity index (χ4n) is 1.25. The first-order chi connectivity index (χ1) is 6.79. The predicted octanol–water partition coefficient (Wildman–Crippen LogP) is 2.36. The quantitative estimate of drug-likeness (QED) is 0.778. The number of thioether (sulfide) groups is 1. The van der Waals surface area contributed by atoms with Gasteiger partial charge in [-0.15, -0.1) is 0 Å². The van der Waals surface area contributed by atoms with Crippen LogP contribution in [0.1, 0.15) is 10.6 Å². The summed E-state index contributed by atoms with van der Waals surface area (Å²) >= 11 is 4.99. The van der Waals surface area contributed by atoms with Crippen LogP contribution in [0.5, 0.6) is 0 Å². The highest BCUT2D eigenvalue weighted by Gasteiger charge is 2.27. The largest absolute Gasteiger partial charge is 0.460 e. The molecule has 1 aromatic rings. The van der Waals surface area contributed by atoms with E-state index in [9.17, 15) is 4.79 Å². The van der Waals surface area contributed by atoms with Gasteiger partial charge in [-0.05, 0) is 22.0 Å². The third-order valence-electron chi connectivity index (χ3n) is 1.95. The third-order valence-corrected chi connectivity index (χ3v) is 3.57. The van der Waals surface area contributed by atoms with Crippen molar-refractivity contribution < 1.29 is 13.9 Å². The molecule has 3 nitrogen and oxygen atoms in total. The zero-order valence-electron chi connectivity index (χ0n) is 7.36. The van der Waals surface area contributed by atoms with Crippen LogP contribution in [0.4, 0.5) is 0 Å². The number of ether oxygens (including phenoxy) is 1. The first-order valence-electron chi connectivity index (χ1n) is 4.25. The van der Waals surface area contributed by atoms with Gasteiger partial charge in [0.1, 0.15) is 6.10 Å². The lowest BCUT2D eigenvalue weighted by molar-refractivity contribution is 0.0493. The molecule has 0 aliphatic carbocycles. The normalized spacial score (nSPS) is 22.2. The summed E-state index contributed by atoms with van der Waals surface area (Å²) in [6.07, 6.45) is 1.14. The fraction of sp³-hybridized carbons (Fsp3) is 0.444. The number of carbonyl (C=O) groups excluding carboxylic acids is 1. The zero-order valence-corrected chi connectivity index (χ0v) is 9.77. The second-order valence-electron chi connectivity index (χ2n) is 2.90. The number of Topliss-reactive ketones (excluding diaryl/α,β-unsaturated/α-hetero) is 1. The summed E-state index contributed by atoms with van der Waals surface area (Å²) in [7, 11) is 0. The lowest BCUT2D eigenvalue weighted by Gasteiger charge is -2.19. The summed E-state index contributed by atoms with van der Waals surface area (Å²) < 4.78 is 11.2. The molecule has 1 aromatic heterocycles. The van der Waals surface area contributed by atoms with Crippen molar-refractivity contribution in [1.29, 1.82) is 0 Å². The number of furan rings is 1. The minimum Gasteiger partial charge on any atom is -0.460 e. The van der Waals surface area contributed by atoms with Gasteiger partial charge < -0.3 is 9.15 Å². The summed E-state index contributed by atoms with van der Waals surface area (Å²) in [5.41, 5.74) is 0. The van der Waals surface area contributed by atoms with Gasteiger partial charge in [-0.2, -0.15) is 11.8 Å². The maximum Gasteiger partial charge on any atom is 0.228 e. The SMILES string of the molecule is O=C(c1occc1Br)C1CSCCO1. The van der Waals surface area contributed by atoms with E-state index in [1.165, 1.54) is 6.26 Å². The Kier molecular flexibility index (Phi) is 3.30. The Hall–Kier alpha value is -0.260. The third kappa shape index (κ3) is 2.04.